The van der Waals surface area contributed by atoms with Crippen molar-refractivity contribution in [2.45, 2.75) is 29.5 Å². The van der Waals surface area contributed by atoms with E-state index < -0.39 is 4.92 Å². The Morgan fingerprint density at radius 2 is 1.73 bits per heavy atom. The van der Waals surface area contributed by atoms with Gasteiger partial charge in [0.25, 0.3) is 5.69 Å². The number of hydrogen-bond donors (Lipinski definition) is 0. The van der Waals surface area contributed by atoms with E-state index in [9.17, 15) is 10.1 Å². The monoisotopic (exact) mass is 459 g/mol. The molecular weight excluding hydrogens is 438 g/mol. The van der Waals surface area contributed by atoms with Crippen molar-refractivity contribution in [3.63, 3.8) is 0 Å². The van der Waals surface area contributed by atoms with Gasteiger partial charge in [0.15, 0.2) is 0 Å². The highest BCUT2D eigenvalue weighted by atomic mass is 32.2. The molecule has 0 amide bonds. The largest absolute Gasteiger partial charge is 0.370 e. The van der Waals surface area contributed by atoms with Gasteiger partial charge in [0.1, 0.15) is 5.69 Å². The average molecular weight is 460 g/mol. The second kappa shape index (κ2) is 9.05. The average Bonchev–Trinajstić information content (AvgIpc) is 3.26. The number of fused-ring (bicyclic) bond motifs is 2. The fourth-order valence-corrected chi connectivity index (χ4v) is 4.95. The zero-order valence-corrected chi connectivity index (χ0v) is 18.7. The summed E-state index contributed by atoms with van der Waals surface area (Å²) in [6.45, 7) is 1.32. The summed E-state index contributed by atoms with van der Waals surface area (Å²) in [5.74, 6) is 0. The predicted molar refractivity (Wildman–Crippen MR) is 126 cm³/mol. The second-order valence-electron chi connectivity index (χ2n) is 7.75. The molecule has 9 heteroatoms. The summed E-state index contributed by atoms with van der Waals surface area (Å²) >= 11 is 1.78. The first-order chi connectivity index (χ1) is 16.1. The molecule has 8 nitrogen and oxygen atoms in total. The zero-order chi connectivity index (χ0) is 22.8. The first kappa shape index (κ1) is 21.2. The molecule has 166 valence electrons. The molecule has 5 rings (SSSR count). The molecule has 1 aliphatic rings. The van der Waals surface area contributed by atoms with Crippen LogP contribution in [-0.2, 0) is 24.5 Å². The third-order valence-electron chi connectivity index (χ3n) is 5.43. The molecule has 33 heavy (non-hydrogen) atoms. The number of hydrogen-bond acceptors (Lipinski definition) is 7. The van der Waals surface area contributed by atoms with E-state index in [-0.39, 0.29) is 5.69 Å². The maximum atomic E-state index is 10.8. The van der Waals surface area contributed by atoms with Crippen LogP contribution >= 0.6 is 11.8 Å². The highest BCUT2D eigenvalue weighted by Gasteiger charge is 2.20. The van der Waals surface area contributed by atoms with E-state index >= 15 is 0 Å². The number of para-hydroxylation sites is 1. The Bertz CT molecular complexity index is 1310. The van der Waals surface area contributed by atoms with Crippen LogP contribution in [0.15, 0.2) is 82.7 Å². The van der Waals surface area contributed by atoms with E-state index in [1.807, 2.05) is 6.20 Å². The third-order valence-corrected chi connectivity index (χ3v) is 6.54. The number of ether oxygens (including phenoxy) is 1. The summed E-state index contributed by atoms with van der Waals surface area (Å²) in [5, 5.41) is 19.1. The molecule has 0 atom stereocenters. The van der Waals surface area contributed by atoms with Gasteiger partial charge in [-0.3, -0.25) is 10.1 Å². The molecule has 0 N–H and O–H groups in total. The quantitative estimate of drug-likeness (QED) is 0.278. The number of anilines is 2. The molecule has 3 aromatic carbocycles. The normalized spacial score (nSPS) is 12.3. The summed E-state index contributed by atoms with van der Waals surface area (Å²) in [4.78, 5) is 15.0. The summed E-state index contributed by atoms with van der Waals surface area (Å²) in [6.07, 6.45) is 1.83. The Labute approximate surface area is 195 Å². The smallest absolute Gasteiger partial charge is 0.269 e. The van der Waals surface area contributed by atoms with Gasteiger partial charge >= 0.3 is 0 Å². The topological polar surface area (TPSA) is 86.3 Å². The summed E-state index contributed by atoms with van der Waals surface area (Å²) in [6, 6.07) is 21.2. The number of nitro benzene ring substituents is 1. The van der Waals surface area contributed by atoms with Gasteiger partial charge in [0.05, 0.1) is 42.3 Å². The number of nitro groups is 1. The summed E-state index contributed by atoms with van der Waals surface area (Å²) < 4.78 is 7.58. The highest BCUT2D eigenvalue weighted by molar-refractivity contribution is 7.99. The van der Waals surface area contributed by atoms with Crippen LogP contribution in [0.25, 0.3) is 0 Å². The molecule has 0 bridgehead atoms. The minimum absolute atomic E-state index is 0.0721. The van der Waals surface area contributed by atoms with Gasteiger partial charge in [-0.15, -0.1) is 5.10 Å². The van der Waals surface area contributed by atoms with E-state index in [0.29, 0.717) is 19.8 Å². The van der Waals surface area contributed by atoms with Crippen LogP contribution < -0.4 is 4.90 Å². The molecule has 2 heterocycles. The maximum Gasteiger partial charge on any atom is 0.269 e. The first-order valence-electron chi connectivity index (χ1n) is 10.4. The van der Waals surface area contributed by atoms with Crippen LogP contribution in [0.1, 0.15) is 16.8 Å². The van der Waals surface area contributed by atoms with E-state index in [0.717, 1.165) is 16.8 Å². The van der Waals surface area contributed by atoms with E-state index in [1.54, 1.807) is 28.6 Å². The number of nitrogens with zero attached hydrogens (tertiary/aromatic N) is 5. The van der Waals surface area contributed by atoms with E-state index in [4.69, 9.17) is 4.74 Å². The number of rotatable bonds is 7. The Kier molecular flexibility index (Phi) is 5.80. The Balaban J connectivity index is 1.17. The number of aromatic nitrogens is 3. The van der Waals surface area contributed by atoms with Crippen molar-refractivity contribution in [1.29, 1.82) is 0 Å². The minimum Gasteiger partial charge on any atom is -0.370 e. The summed E-state index contributed by atoms with van der Waals surface area (Å²) in [7, 11) is 2.09. The third kappa shape index (κ3) is 4.59. The van der Waals surface area contributed by atoms with Crippen LogP contribution in [0.5, 0.6) is 0 Å². The van der Waals surface area contributed by atoms with Crippen LogP contribution in [0.4, 0.5) is 17.1 Å². The van der Waals surface area contributed by atoms with Crippen molar-refractivity contribution in [3.05, 3.63) is 99.9 Å². The van der Waals surface area contributed by atoms with Crippen molar-refractivity contribution in [1.82, 2.24) is 15.0 Å². The van der Waals surface area contributed by atoms with Crippen LogP contribution in [0.3, 0.4) is 0 Å². The summed E-state index contributed by atoms with van der Waals surface area (Å²) in [5.41, 5.74) is 5.23. The van der Waals surface area contributed by atoms with Crippen LogP contribution in [0.2, 0.25) is 0 Å². The van der Waals surface area contributed by atoms with Gasteiger partial charge < -0.3 is 9.64 Å². The number of benzene rings is 3. The predicted octanol–water partition coefficient (Wildman–Crippen LogP) is 5.18. The lowest BCUT2D eigenvalue weighted by Crippen LogP contribution is -2.14. The van der Waals surface area contributed by atoms with Gasteiger partial charge in [-0.25, -0.2) is 4.68 Å². The molecule has 0 saturated heterocycles. The maximum absolute atomic E-state index is 10.8. The minimum atomic E-state index is -0.410. The molecule has 4 aromatic rings. The van der Waals surface area contributed by atoms with Crippen molar-refractivity contribution < 1.29 is 9.66 Å². The second-order valence-corrected chi connectivity index (χ2v) is 8.84. The Morgan fingerprint density at radius 1 is 0.970 bits per heavy atom. The molecule has 1 aliphatic heterocycles. The lowest BCUT2D eigenvalue weighted by Gasteiger charge is -2.29. The lowest BCUT2D eigenvalue weighted by atomic mass is 10.2. The van der Waals surface area contributed by atoms with Crippen LogP contribution in [0, 0.1) is 10.1 Å². The number of non-ortho nitro benzene ring substituents is 1. The molecule has 0 spiro atoms. The Hall–Kier alpha value is -3.69. The van der Waals surface area contributed by atoms with Gasteiger partial charge in [0.2, 0.25) is 0 Å². The molecule has 0 fully saturated rings. The van der Waals surface area contributed by atoms with Gasteiger partial charge in [-0.1, -0.05) is 47.3 Å². The standard InChI is InChI=1S/C24H21N5O3S/c1-27-21-4-2-3-5-23(21)33-24-12-18(8-11-22(24)27)15-32-16-19-14-28(26-25-19)13-17-6-9-20(10-7-17)29(30)31/h2-12,14H,13,15-16H2,1H3. The molecule has 1 aromatic heterocycles. The van der Waals surface area contributed by atoms with Crippen molar-refractivity contribution in [2.75, 3.05) is 11.9 Å². The molecule has 0 saturated carbocycles. The molecule has 0 unspecified atom stereocenters. The van der Waals surface area contributed by atoms with Crippen LogP contribution in [-0.4, -0.2) is 27.0 Å². The Morgan fingerprint density at radius 3 is 2.55 bits per heavy atom. The van der Waals surface area contributed by atoms with Gasteiger partial charge in [-0.05, 0) is 35.4 Å². The lowest BCUT2D eigenvalue weighted by molar-refractivity contribution is -0.384. The van der Waals surface area contributed by atoms with Gasteiger partial charge in [0, 0.05) is 29.0 Å². The van der Waals surface area contributed by atoms with E-state index in [1.165, 1.54) is 33.3 Å². The molecule has 0 aliphatic carbocycles. The van der Waals surface area contributed by atoms with Crippen molar-refractivity contribution in [3.8, 4) is 0 Å². The van der Waals surface area contributed by atoms with Crippen molar-refractivity contribution in [2.24, 2.45) is 0 Å². The van der Waals surface area contributed by atoms with Gasteiger partial charge in [-0.2, -0.15) is 0 Å². The van der Waals surface area contributed by atoms with Crippen molar-refractivity contribution >= 4 is 28.8 Å². The first-order valence-corrected chi connectivity index (χ1v) is 11.2. The highest BCUT2D eigenvalue weighted by Crippen LogP contribution is 2.47. The molecular formula is C24H21N5O3S. The zero-order valence-electron chi connectivity index (χ0n) is 17.9. The fraction of sp³-hybridized carbons (Fsp3) is 0.167. The fourth-order valence-electron chi connectivity index (χ4n) is 3.74. The molecule has 0 radical (unpaired) electrons. The SMILES string of the molecule is CN1c2ccccc2Sc2cc(COCc3cn(Cc4ccc([N+](=O)[O-])cc4)nn3)ccc21. The van der Waals surface area contributed by atoms with E-state index in [2.05, 4.69) is 64.7 Å².